The van der Waals surface area contributed by atoms with Crippen LogP contribution >= 0.6 is 11.8 Å². The average molecular weight is 435 g/mol. The van der Waals surface area contributed by atoms with Gasteiger partial charge in [0.25, 0.3) is 0 Å². The first-order valence-electron chi connectivity index (χ1n) is 10.9. The van der Waals surface area contributed by atoms with E-state index >= 15 is 0 Å². The number of ether oxygens (including phenoxy) is 1. The second-order valence-corrected chi connectivity index (χ2v) is 8.78. The molecule has 0 aromatic heterocycles. The van der Waals surface area contributed by atoms with Crippen LogP contribution < -0.4 is 5.32 Å². The van der Waals surface area contributed by atoms with Crippen LogP contribution in [0.1, 0.15) is 12.0 Å². The van der Waals surface area contributed by atoms with E-state index in [1.165, 1.54) is 17.3 Å². The molecule has 2 saturated heterocycles. The van der Waals surface area contributed by atoms with Crippen molar-refractivity contribution in [2.45, 2.75) is 13.0 Å². The van der Waals surface area contributed by atoms with Crippen molar-refractivity contribution < 1.29 is 14.3 Å². The molecule has 2 fully saturated rings. The number of nitrogens with one attached hydrogen (secondary N) is 1. The number of nitrogens with zero attached hydrogens (tertiary/aromatic N) is 3. The van der Waals surface area contributed by atoms with E-state index in [1.807, 2.05) is 4.90 Å². The van der Waals surface area contributed by atoms with E-state index < -0.39 is 0 Å². The molecule has 30 heavy (non-hydrogen) atoms. The van der Waals surface area contributed by atoms with Gasteiger partial charge in [-0.15, -0.1) is 11.8 Å². The Hall–Kier alpha value is -1.61. The van der Waals surface area contributed by atoms with Gasteiger partial charge in [0.1, 0.15) is 0 Å². The molecule has 3 rings (SSSR count). The predicted octanol–water partition coefficient (Wildman–Crippen LogP) is 0.903. The lowest BCUT2D eigenvalue weighted by molar-refractivity contribution is -0.132. The highest BCUT2D eigenvalue weighted by Gasteiger charge is 2.18. The summed E-state index contributed by atoms with van der Waals surface area (Å²) in [6, 6.07) is 10.6. The Balaban J connectivity index is 1.18. The molecule has 2 aliphatic heterocycles. The van der Waals surface area contributed by atoms with E-state index in [9.17, 15) is 9.59 Å². The third-order valence-electron chi connectivity index (χ3n) is 5.51. The van der Waals surface area contributed by atoms with Gasteiger partial charge in [0.2, 0.25) is 11.8 Å². The molecule has 1 aromatic rings. The fraction of sp³-hybridized carbons (Fsp3) is 0.636. The van der Waals surface area contributed by atoms with Crippen LogP contribution in [0.4, 0.5) is 0 Å². The summed E-state index contributed by atoms with van der Waals surface area (Å²) < 4.78 is 5.25. The monoisotopic (exact) mass is 434 g/mol. The molecule has 1 aromatic carbocycles. The SMILES string of the molecule is O=C(CSCC(=O)N1CCOCC1)NCCCN1CCN(Cc2ccccc2)CC1. The van der Waals surface area contributed by atoms with Crippen molar-refractivity contribution in [1.82, 2.24) is 20.0 Å². The largest absolute Gasteiger partial charge is 0.378 e. The highest BCUT2D eigenvalue weighted by molar-refractivity contribution is 8.00. The predicted molar refractivity (Wildman–Crippen MR) is 121 cm³/mol. The number of thioether (sulfide) groups is 1. The molecule has 7 nitrogen and oxygen atoms in total. The summed E-state index contributed by atoms with van der Waals surface area (Å²) in [6.07, 6.45) is 0.960. The minimum Gasteiger partial charge on any atom is -0.378 e. The molecular formula is C22H34N4O3S. The zero-order chi connectivity index (χ0) is 21.0. The zero-order valence-electron chi connectivity index (χ0n) is 17.8. The second kappa shape index (κ2) is 12.9. The number of amides is 2. The summed E-state index contributed by atoms with van der Waals surface area (Å²) in [5, 5.41) is 2.98. The van der Waals surface area contributed by atoms with Gasteiger partial charge in [-0.3, -0.25) is 14.5 Å². The number of piperazine rings is 1. The number of carbonyl (C=O) groups excluding carboxylic acids is 2. The van der Waals surface area contributed by atoms with Crippen molar-refractivity contribution in [3.63, 3.8) is 0 Å². The Morgan fingerprint density at radius 3 is 2.37 bits per heavy atom. The van der Waals surface area contributed by atoms with Crippen LogP contribution in [-0.4, -0.2) is 104 Å². The molecule has 0 saturated carbocycles. The quantitative estimate of drug-likeness (QED) is 0.552. The van der Waals surface area contributed by atoms with Crippen LogP contribution in [0.2, 0.25) is 0 Å². The minimum atomic E-state index is 0.0162. The molecule has 166 valence electrons. The number of hydrogen-bond donors (Lipinski definition) is 1. The minimum absolute atomic E-state index is 0.0162. The van der Waals surface area contributed by atoms with Crippen molar-refractivity contribution in [2.75, 3.05) is 77.1 Å². The molecule has 0 radical (unpaired) electrons. The number of benzene rings is 1. The molecule has 0 atom stereocenters. The highest BCUT2D eigenvalue weighted by Crippen LogP contribution is 2.09. The van der Waals surface area contributed by atoms with Crippen LogP contribution in [0.3, 0.4) is 0 Å². The van der Waals surface area contributed by atoms with E-state index in [0.29, 0.717) is 44.4 Å². The van der Waals surface area contributed by atoms with Gasteiger partial charge in [-0.05, 0) is 18.5 Å². The molecule has 1 N–H and O–H groups in total. The lowest BCUT2D eigenvalue weighted by atomic mass is 10.2. The second-order valence-electron chi connectivity index (χ2n) is 7.79. The number of morpholine rings is 1. The summed E-state index contributed by atoms with van der Waals surface area (Å²) >= 11 is 1.39. The van der Waals surface area contributed by atoms with Crippen LogP contribution in [0.25, 0.3) is 0 Å². The van der Waals surface area contributed by atoms with E-state index in [-0.39, 0.29) is 11.8 Å². The molecule has 2 heterocycles. The third kappa shape index (κ3) is 8.26. The standard InChI is InChI=1S/C22H34N4O3S/c27-21(18-30-19-22(28)26-13-15-29-16-14-26)23-7-4-8-24-9-11-25(12-10-24)17-20-5-2-1-3-6-20/h1-3,5-6H,4,7-19H2,(H,23,27). The van der Waals surface area contributed by atoms with Crippen LogP contribution in [0, 0.1) is 0 Å². The maximum absolute atomic E-state index is 12.0. The number of carbonyl (C=O) groups is 2. The molecule has 0 unspecified atom stereocenters. The molecule has 0 bridgehead atoms. The zero-order valence-corrected chi connectivity index (χ0v) is 18.6. The van der Waals surface area contributed by atoms with E-state index in [2.05, 4.69) is 45.4 Å². The molecule has 8 heteroatoms. The molecule has 0 spiro atoms. The van der Waals surface area contributed by atoms with Gasteiger partial charge in [-0.25, -0.2) is 0 Å². The van der Waals surface area contributed by atoms with Crippen molar-refractivity contribution in [2.24, 2.45) is 0 Å². The van der Waals surface area contributed by atoms with Crippen molar-refractivity contribution in [3.05, 3.63) is 35.9 Å². The Labute approximate surface area is 184 Å². The summed E-state index contributed by atoms with van der Waals surface area (Å²) in [5.74, 6) is 0.819. The fourth-order valence-corrected chi connectivity index (χ4v) is 4.48. The van der Waals surface area contributed by atoms with Gasteiger partial charge in [0.05, 0.1) is 24.7 Å². The third-order valence-corrected chi connectivity index (χ3v) is 6.43. The molecule has 2 amide bonds. The first kappa shape index (κ1) is 23.1. The van der Waals surface area contributed by atoms with Gasteiger partial charge in [-0.1, -0.05) is 30.3 Å². The maximum Gasteiger partial charge on any atom is 0.232 e. The van der Waals surface area contributed by atoms with E-state index in [4.69, 9.17) is 4.74 Å². The summed E-state index contributed by atoms with van der Waals surface area (Å²) in [4.78, 5) is 30.8. The van der Waals surface area contributed by atoms with Gasteiger partial charge >= 0.3 is 0 Å². The van der Waals surface area contributed by atoms with Gasteiger partial charge in [0, 0.05) is 52.4 Å². The molecular weight excluding hydrogens is 400 g/mol. The van der Waals surface area contributed by atoms with Crippen LogP contribution in [-0.2, 0) is 20.9 Å². The summed E-state index contributed by atoms with van der Waals surface area (Å²) in [6.45, 7) is 9.63. The van der Waals surface area contributed by atoms with Crippen molar-refractivity contribution >= 4 is 23.6 Å². The summed E-state index contributed by atoms with van der Waals surface area (Å²) in [7, 11) is 0. The Bertz CT molecular complexity index is 647. The smallest absolute Gasteiger partial charge is 0.232 e. The maximum atomic E-state index is 12.0. The Morgan fingerprint density at radius 2 is 1.63 bits per heavy atom. The van der Waals surface area contributed by atoms with Gasteiger partial charge < -0.3 is 19.9 Å². The van der Waals surface area contributed by atoms with E-state index in [1.54, 1.807) is 0 Å². The van der Waals surface area contributed by atoms with Crippen LogP contribution in [0.15, 0.2) is 30.3 Å². The van der Waals surface area contributed by atoms with Crippen LogP contribution in [0.5, 0.6) is 0 Å². The van der Waals surface area contributed by atoms with Gasteiger partial charge in [0.15, 0.2) is 0 Å². The molecule has 2 aliphatic rings. The lowest BCUT2D eigenvalue weighted by Gasteiger charge is -2.34. The fourth-order valence-electron chi connectivity index (χ4n) is 3.73. The number of rotatable bonds is 10. The first-order chi connectivity index (χ1) is 14.7. The topological polar surface area (TPSA) is 65.1 Å². The average Bonchev–Trinajstić information content (AvgIpc) is 2.79. The van der Waals surface area contributed by atoms with Crippen molar-refractivity contribution in [3.8, 4) is 0 Å². The lowest BCUT2D eigenvalue weighted by Crippen LogP contribution is -2.46. The Morgan fingerprint density at radius 1 is 0.933 bits per heavy atom. The highest BCUT2D eigenvalue weighted by atomic mass is 32.2. The first-order valence-corrected chi connectivity index (χ1v) is 12.0. The molecule has 0 aliphatic carbocycles. The van der Waals surface area contributed by atoms with Gasteiger partial charge in [-0.2, -0.15) is 0 Å². The summed E-state index contributed by atoms with van der Waals surface area (Å²) in [5.41, 5.74) is 1.37. The normalized spacial score (nSPS) is 18.3. The Kier molecular flexibility index (Phi) is 9.95. The van der Waals surface area contributed by atoms with E-state index in [0.717, 1.165) is 45.7 Å². The van der Waals surface area contributed by atoms with Crippen molar-refractivity contribution in [1.29, 1.82) is 0 Å². The number of hydrogen-bond acceptors (Lipinski definition) is 6.